The number of pyridine rings is 1. The van der Waals surface area contributed by atoms with Gasteiger partial charge < -0.3 is 14.7 Å². The zero-order chi connectivity index (χ0) is 19.2. The maximum Gasteiger partial charge on any atom is 0.255 e. The molecule has 0 N–H and O–H groups in total. The molecule has 144 valence electrons. The van der Waals surface area contributed by atoms with E-state index >= 15 is 0 Å². The highest BCUT2D eigenvalue weighted by molar-refractivity contribution is 5.94. The number of aromatic nitrogens is 1. The fraction of sp³-hybridized carbons (Fsp3) is 0.429. The van der Waals surface area contributed by atoms with Crippen molar-refractivity contribution in [3.8, 4) is 0 Å². The van der Waals surface area contributed by atoms with E-state index < -0.39 is 0 Å². The zero-order valence-electron chi connectivity index (χ0n) is 16.1. The fourth-order valence-electron chi connectivity index (χ4n) is 3.31. The number of halogens is 1. The van der Waals surface area contributed by atoms with Crippen LogP contribution in [-0.2, 0) is 0 Å². The highest BCUT2D eigenvalue weighted by atomic mass is 19.1. The maximum atomic E-state index is 13.1. The molecule has 0 radical (unpaired) electrons. The number of nitrogens with zero attached hydrogens (tertiary/aromatic N) is 4. The van der Waals surface area contributed by atoms with Gasteiger partial charge in [-0.25, -0.2) is 4.39 Å². The van der Waals surface area contributed by atoms with E-state index in [9.17, 15) is 9.18 Å². The van der Waals surface area contributed by atoms with Gasteiger partial charge in [0.15, 0.2) is 0 Å². The molecular formula is C21H27FN4O. The van der Waals surface area contributed by atoms with Crippen LogP contribution in [0.1, 0.15) is 30.1 Å². The summed E-state index contributed by atoms with van der Waals surface area (Å²) in [7, 11) is 1.84. The second kappa shape index (κ2) is 8.84. The van der Waals surface area contributed by atoms with Gasteiger partial charge in [-0.05, 0) is 36.8 Å². The van der Waals surface area contributed by atoms with Crippen molar-refractivity contribution in [2.45, 2.75) is 19.8 Å². The van der Waals surface area contributed by atoms with Crippen LogP contribution in [0.2, 0.25) is 0 Å². The Morgan fingerprint density at radius 2 is 1.70 bits per heavy atom. The molecular weight excluding hydrogens is 343 g/mol. The Morgan fingerprint density at radius 3 is 2.33 bits per heavy atom. The molecule has 0 spiro atoms. The smallest absolute Gasteiger partial charge is 0.255 e. The number of unbranched alkanes of at least 4 members (excludes halogenated alkanes) is 1. The summed E-state index contributed by atoms with van der Waals surface area (Å²) in [5.74, 6) is -0.198. The molecule has 0 bridgehead atoms. The van der Waals surface area contributed by atoms with Gasteiger partial charge in [0.05, 0.1) is 17.4 Å². The first kappa shape index (κ1) is 19.1. The number of benzene rings is 1. The normalized spacial score (nSPS) is 14.3. The van der Waals surface area contributed by atoms with E-state index in [-0.39, 0.29) is 11.7 Å². The molecule has 1 aromatic heterocycles. The van der Waals surface area contributed by atoms with Gasteiger partial charge in [0.2, 0.25) is 0 Å². The van der Waals surface area contributed by atoms with E-state index in [2.05, 4.69) is 21.7 Å². The molecule has 1 saturated heterocycles. The minimum absolute atomic E-state index is 0.0164. The molecule has 5 nitrogen and oxygen atoms in total. The molecule has 1 fully saturated rings. The van der Waals surface area contributed by atoms with Crippen LogP contribution < -0.4 is 9.80 Å². The summed E-state index contributed by atoms with van der Waals surface area (Å²) in [5, 5.41) is 0. The first-order valence-corrected chi connectivity index (χ1v) is 9.54. The second-order valence-electron chi connectivity index (χ2n) is 6.96. The van der Waals surface area contributed by atoms with E-state index in [0.29, 0.717) is 5.56 Å². The first-order valence-electron chi connectivity index (χ1n) is 9.54. The quantitative estimate of drug-likeness (QED) is 0.781. The molecule has 0 atom stereocenters. The Labute approximate surface area is 160 Å². The van der Waals surface area contributed by atoms with Crippen LogP contribution in [0.3, 0.4) is 0 Å². The van der Waals surface area contributed by atoms with E-state index in [0.717, 1.165) is 56.9 Å². The Balaban J connectivity index is 1.63. The molecule has 27 heavy (non-hydrogen) atoms. The van der Waals surface area contributed by atoms with Gasteiger partial charge in [-0.3, -0.25) is 9.78 Å². The third-order valence-corrected chi connectivity index (χ3v) is 5.00. The van der Waals surface area contributed by atoms with Gasteiger partial charge >= 0.3 is 0 Å². The number of rotatable bonds is 6. The number of carbonyl (C=O) groups is 1. The summed E-state index contributed by atoms with van der Waals surface area (Å²) in [5.41, 5.74) is 2.64. The Kier molecular flexibility index (Phi) is 6.27. The van der Waals surface area contributed by atoms with Crippen LogP contribution in [0.4, 0.5) is 15.8 Å². The molecule has 1 aliphatic rings. The average Bonchev–Trinajstić information content (AvgIpc) is 2.72. The van der Waals surface area contributed by atoms with E-state index in [1.165, 1.54) is 12.1 Å². The van der Waals surface area contributed by atoms with Crippen molar-refractivity contribution in [1.82, 2.24) is 9.88 Å². The van der Waals surface area contributed by atoms with Crippen LogP contribution in [0, 0.1) is 5.82 Å². The summed E-state index contributed by atoms with van der Waals surface area (Å²) in [6.07, 6.45) is 5.52. The Morgan fingerprint density at radius 1 is 1.07 bits per heavy atom. The van der Waals surface area contributed by atoms with E-state index in [1.807, 2.05) is 31.4 Å². The molecule has 2 heterocycles. The molecule has 0 unspecified atom stereocenters. The first-order chi connectivity index (χ1) is 13.1. The maximum absolute atomic E-state index is 13.1. The highest BCUT2D eigenvalue weighted by Crippen LogP contribution is 2.21. The fourth-order valence-corrected chi connectivity index (χ4v) is 3.31. The van der Waals surface area contributed by atoms with Gasteiger partial charge in [0.1, 0.15) is 5.82 Å². The summed E-state index contributed by atoms with van der Waals surface area (Å²) in [4.78, 5) is 23.1. The monoisotopic (exact) mass is 370 g/mol. The molecule has 1 amide bonds. The minimum Gasteiger partial charge on any atom is -0.368 e. The van der Waals surface area contributed by atoms with Crippen LogP contribution in [0.25, 0.3) is 0 Å². The highest BCUT2D eigenvalue weighted by Gasteiger charge is 2.19. The lowest BCUT2D eigenvalue weighted by atomic mass is 10.2. The second-order valence-corrected chi connectivity index (χ2v) is 6.96. The van der Waals surface area contributed by atoms with Crippen molar-refractivity contribution in [1.29, 1.82) is 0 Å². The van der Waals surface area contributed by atoms with Crippen LogP contribution in [-0.4, -0.2) is 55.6 Å². The predicted molar refractivity (Wildman–Crippen MR) is 107 cm³/mol. The molecule has 2 aromatic rings. The zero-order valence-corrected chi connectivity index (χ0v) is 16.1. The van der Waals surface area contributed by atoms with Crippen LogP contribution >= 0.6 is 0 Å². The summed E-state index contributed by atoms with van der Waals surface area (Å²) in [6.45, 7) is 6.24. The van der Waals surface area contributed by atoms with Crippen molar-refractivity contribution in [2.75, 3.05) is 49.6 Å². The molecule has 0 saturated carbocycles. The molecule has 0 aliphatic carbocycles. The summed E-state index contributed by atoms with van der Waals surface area (Å²) in [6, 6.07) is 8.56. The van der Waals surface area contributed by atoms with Crippen molar-refractivity contribution in [3.05, 3.63) is 54.1 Å². The van der Waals surface area contributed by atoms with E-state index in [1.54, 1.807) is 11.1 Å². The average molecular weight is 370 g/mol. The lowest BCUT2D eigenvalue weighted by Gasteiger charge is -2.37. The third kappa shape index (κ3) is 4.76. The molecule has 6 heteroatoms. The van der Waals surface area contributed by atoms with Gasteiger partial charge in [-0.2, -0.15) is 0 Å². The van der Waals surface area contributed by atoms with Crippen molar-refractivity contribution >= 4 is 17.3 Å². The van der Waals surface area contributed by atoms with Gasteiger partial charge in [0, 0.05) is 51.7 Å². The molecule has 1 aliphatic heterocycles. The largest absolute Gasteiger partial charge is 0.368 e. The van der Waals surface area contributed by atoms with Crippen LogP contribution in [0.5, 0.6) is 0 Å². The molecule has 1 aromatic carbocycles. The van der Waals surface area contributed by atoms with Gasteiger partial charge in [0.25, 0.3) is 5.91 Å². The van der Waals surface area contributed by atoms with Crippen molar-refractivity contribution < 1.29 is 9.18 Å². The summed E-state index contributed by atoms with van der Waals surface area (Å²) < 4.78 is 13.1. The number of anilines is 2. The third-order valence-electron chi connectivity index (χ3n) is 5.00. The predicted octanol–water partition coefficient (Wildman–Crippen LogP) is 3.42. The van der Waals surface area contributed by atoms with Crippen LogP contribution in [0.15, 0.2) is 42.7 Å². The summed E-state index contributed by atoms with van der Waals surface area (Å²) >= 11 is 0. The van der Waals surface area contributed by atoms with Gasteiger partial charge in [-0.15, -0.1) is 0 Å². The van der Waals surface area contributed by atoms with Gasteiger partial charge in [-0.1, -0.05) is 13.3 Å². The standard InChI is InChI=1S/C21H27FN4O/c1-3-4-9-24(2)21(27)17-14-20(16-23-15-17)26-12-10-25(11-13-26)19-7-5-18(22)6-8-19/h5-8,14-16H,3-4,9-13H2,1-2H3. The number of amides is 1. The Hall–Kier alpha value is -2.63. The Bertz CT molecular complexity index is 757. The topological polar surface area (TPSA) is 39.7 Å². The number of carbonyl (C=O) groups excluding carboxylic acids is 1. The minimum atomic E-state index is -0.214. The lowest BCUT2D eigenvalue weighted by molar-refractivity contribution is 0.0793. The lowest BCUT2D eigenvalue weighted by Crippen LogP contribution is -2.46. The number of hydrogen-bond acceptors (Lipinski definition) is 4. The number of piperazine rings is 1. The molecule has 3 rings (SSSR count). The number of hydrogen-bond donors (Lipinski definition) is 0. The van der Waals surface area contributed by atoms with Crippen molar-refractivity contribution in [2.24, 2.45) is 0 Å². The van der Waals surface area contributed by atoms with Crippen molar-refractivity contribution in [3.63, 3.8) is 0 Å². The SMILES string of the molecule is CCCCN(C)C(=O)c1cncc(N2CCN(c3ccc(F)cc3)CC2)c1. The van der Waals surface area contributed by atoms with E-state index in [4.69, 9.17) is 0 Å².